The number of aromatic nitrogens is 1. The summed E-state index contributed by atoms with van der Waals surface area (Å²) >= 11 is 0. The Kier molecular flexibility index (Phi) is 4.15. The third-order valence-electron chi connectivity index (χ3n) is 1.98. The summed E-state index contributed by atoms with van der Waals surface area (Å²) in [4.78, 5) is 14.0. The van der Waals surface area contributed by atoms with Gasteiger partial charge in [-0.3, -0.25) is 0 Å². The highest BCUT2D eigenvalue weighted by atomic mass is 19.4. The molecule has 1 rings (SSSR count). The van der Waals surface area contributed by atoms with Gasteiger partial charge in [-0.1, -0.05) is 6.07 Å². The molecule has 0 aromatic carbocycles. The third-order valence-corrected chi connectivity index (χ3v) is 1.98. The number of anilines is 1. The van der Waals surface area contributed by atoms with Crippen molar-refractivity contribution >= 4 is 11.8 Å². The number of terminal acetylenes is 1. The Morgan fingerprint density at radius 1 is 1.56 bits per heavy atom. The highest BCUT2D eigenvalue weighted by molar-refractivity contribution is 5.77. The fourth-order valence-electron chi connectivity index (χ4n) is 1.17. The first-order valence-corrected chi connectivity index (χ1v) is 4.81. The van der Waals surface area contributed by atoms with Crippen LogP contribution in [0.1, 0.15) is 12.1 Å². The van der Waals surface area contributed by atoms with E-state index in [0.717, 1.165) is 12.1 Å². The largest absolute Gasteiger partial charge is 0.480 e. The lowest BCUT2D eigenvalue weighted by Gasteiger charge is -2.13. The molecular weight excluding hydrogens is 249 g/mol. The summed E-state index contributed by atoms with van der Waals surface area (Å²) in [6, 6.07) is 1.99. The molecule has 7 heteroatoms. The van der Waals surface area contributed by atoms with Gasteiger partial charge >= 0.3 is 12.1 Å². The number of nitrogens with one attached hydrogen (secondary N) is 1. The van der Waals surface area contributed by atoms with Crippen molar-refractivity contribution in [3.8, 4) is 12.3 Å². The Bertz CT molecular complexity index is 480. The quantitative estimate of drug-likeness (QED) is 0.811. The van der Waals surface area contributed by atoms with Crippen LogP contribution in [0.2, 0.25) is 0 Å². The lowest BCUT2D eigenvalue weighted by atomic mass is 10.2. The summed E-state index contributed by atoms with van der Waals surface area (Å²) in [5, 5.41) is 11.1. The van der Waals surface area contributed by atoms with E-state index in [-0.39, 0.29) is 12.2 Å². The Labute approximate surface area is 101 Å². The zero-order chi connectivity index (χ0) is 13.8. The van der Waals surface area contributed by atoms with E-state index < -0.39 is 23.9 Å². The summed E-state index contributed by atoms with van der Waals surface area (Å²) in [7, 11) is 0. The zero-order valence-corrected chi connectivity index (χ0v) is 9.03. The monoisotopic (exact) mass is 258 g/mol. The Morgan fingerprint density at radius 2 is 2.22 bits per heavy atom. The summed E-state index contributed by atoms with van der Waals surface area (Å²) in [5.74, 6) is 0.676. The van der Waals surface area contributed by atoms with Gasteiger partial charge in [-0.15, -0.1) is 12.3 Å². The Morgan fingerprint density at radius 3 is 2.72 bits per heavy atom. The van der Waals surface area contributed by atoms with Crippen LogP contribution in [0.5, 0.6) is 0 Å². The van der Waals surface area contributed by atoms with Crippen molar-refractivity contribution in [1.82, 2.24) is 4.98 Å². The van der Waals surface area contributed by atoms with E-state index in [9.17, 15) is 18.0 Å². The van der Waals surface area contributed by atoms with Crippen LogP contribution in [0, 0.1) is 12.3 Å². The number of hydrogen-bond donors (Lipinski definition) is 2. The maximum Gasteiger partial charge on any atom is 0.433 e. The van der Waals surface area contributed by atoms with Crippen molar-refractivity contribution in [3.63, 3.8) is 0 Å². The average molecular weight is 258 g/mol. The first kappa shape index (κ1) is 13.8. The van der Waals surface area contributed by atoms with E-state index >= 15 is 0 Å². The molecule has 1 heterocycles. The van der Waals surface area contributed by atoms with Crippen LogP contribution in [0.4, 0.5) is 19.0 Å². The average Bonchev–Trinajstić information content (AvgIpc) is 2.27. The molecule has 0 spiro atoms. The maximum atomic E-state index is 12.4. The number of carbonyl (C=O) groups is 1. The van der Waals surface area contributed by atoms with Crippen LogP contribution in [0.15, 0.2) is 18.2 Å². The lowest BCUT2D eigenvalue weighted by molar-refractivity contribution is -0.141. The minimum Gasteiger partial charge on any atom is -0.480 e. The molecule has 1 unspecified atom stereocenters. The summed E-state index contributed by atoms with van der Waals surface area (Å²) in [6.45, 7) is 0. The van der Waals surface area contributed by atoms with Gasteiger partial charge in [-0.05, 0) is 12.1 Å². The van der Waals surface area contributed by atoms with Gasteiger partial charge in [0.2, 0.25) is 0 Å². The van der Waals surface area contributed by atoms with Crippen LogP contribution < -0.4 is 5.32 Å². The Balaban J connectivity index is 2.91. The molecule has 0 aliphatic rings. The van der Waals surface area contributed by atoms with E-state index in [1.54, 1.807) is 0 Å². The minimum absolute atomic E-state index is 0.159. The molecule has 4 nitrogen and oxygen atoms in total. The summed E-state index contributed by atoms with van der Waals surface area (Å²) in [5.41, 5.74) is -1.10. The lowest BCUT2D eigenvalue weighted by Crippen LogP contribution is -2.29. The van der Waals surface area contributed by atoms with Crippen molar-refractivity contribution in [2.75, 3.05) is 5.32 Å². The highest BCUT2D eigenvalue weighted by Crippen LogP contribution is 2.28. The van der Waals surface area contributed by atoms with Crippen molar-refractivity contribution in [1.29, 1.82) is 0 Å². The van der Waals surface area contributed by atoms with Gasteiger partial charge in [0.25, 0.3) is 0 Å². The van der Waals surface area contributed by atoms with Crippen LogP contribution >= 0.6 is 0 Å². The van der Waals surface area contributed by atoms with Crippen LogP contribution in [-0.2, 0) is 11.0 Å². The molecule has 0 fully saturated rings. The van der Waals surface area contributed by atoms with E-state index in [4.69, 9.17) is 11.5 Å². The van der Waals surface area contributed by atoms with Gasteiger partial charge in [0.15, 0.2) is 0 Å². The van der Waals surface area contributed by atoms with Gasteiger partial charge in [0.05, 0.1) is 0 Å². The summed E-state index contributed by atoms with van der Waals surface area (Å²) < 4.78 is 37.1. The van der Waals surface area contributed by atoms with E-state index in [1.807, 2.05) is 0 Å². The number of pyridine rings is 1. The molecule has 1 aromatic heterocycles. The van der Waals surface area contributed by atoms with Crippen LogP contribution in [0.25, 0.3) is 0 Å². The number of carboxylic acids is 1. The smallest absolute Gasteiger partial charge is 0.433 e. The number of carboxylic acid groups (broad SMARTS) is 1. The number of aliphatic carboxylic acids is 1. The molecule has 0 bridgehead atoms. The van der Waals surface area contributed by atoms with Crippen molar-refractivity contribution in [3.05, 3.63) is 23.9 Å². The standard InChI is InChI=1S/C11H9F3N2O2/c1-2-4-7(10(17)18)15-9-6-3-5-8(16-9)11(12,13)14/h1,3,5-7H,4H2,(H,15,16)(H,17,18). The molecule has 2 N–H and O–H groups in total. The van der Waals surface area contributed by atoms with Crippen molar-refractivity contribution < 1.29 is 23.1 Å². The first-order chi connectivity index (χ1) is 8.34. The van der Waals surface area contributed by atoms with Crippen LogP contribution in [-0.4, -0.2) is 22.1 Å². The number of rotatable bonds is 4. The van der Waals surface area contributed by atoms with Gasteiger partial charge in [-0.2, -0.15) is 13.2 Å². The molecule has 0 saturated carbocycles. The molecule has 0 aliphatic heterocycles. The number of nitrogens with zero attached hydrogens (tertiary/aromatic N) is 1. The van der Waals surface area contributed by atoms with Crippen molar-refractivity contribution in [2.24, 2.45) is 0 Å². The third kappa shape index (κ3) is 3.66. The second-order valence-electron chi connectivity index (χ2n) is 3.35. The predicted octanol–water partition coefficient (Wildman–Crippen LogP) is 1.99. The van der Waals surface area contributed by atoms with Gasteiger partial charge in [0, 0.05) is 6.42 Å². The number of halogens is 3. The molecule has 0 aliphatic carbocycles. The predicted molar refractivity (Wildman–Crippen MR) is 57.7 cm³/mol. The second-order valence-corrected chi connectivity index (χ2v) is 3.35. The van der Waals surface area contributed by atoms with E-state index in [2.05, 4.69) is 16.2 Å². The molecule has 0 saturated heterocycles. The molecule has 0 amide bonds. The summed E-state index contributed by atoms with van der Waals surface area (Å²) in [6.07, 6.45) is 0.226. The van der Waals surface area contributed by atoms with Gasteiger partial charge in [-0.25, -0.2) is 9.78 Å². The second kappa shape index (κ2) is 5.40. The molecule has 1 atom stereocenters. The molecule has 1 aromatic rings. The number of hydrogen-bond acceptors (Lipinski definition) is 3. The molecule has 0 radical (unpaired) electrons. The maximum absolute atomic E-state index is 12.4. The fourth-order valence-corrected chi connectivity index (χ4v) is 1.17. The molecular formula is C11H9F3N2O2. The normalized spacial score (nSPS) is 12.6. The van der Waals surface area contributed by atoms with E-state index in [0.29, 0.717) is 0 Å². The van der Waals surface area contributed by atoms with E-state index in [1.165, 1.54) is 6.07 Å². The van der Waals surface area contributed by atoms with Crippen LogP contribution in [0.3, 0.4) is 0 Å². The Hall–Kier alpha value is -2.23. The van der Waals surface area contributed by atoms with Crippen molar-refractivity contribution in [2.45, 2.75) is 18.6 Å². The number of alkyl halides is 3. The fraction of sp³-hybridized carbons (Fsp3) is 0.273. The van der Waals surface area contributed by atoms with Gasteiger partial charge < -0.3 is 10.4 Å². The highest BCUT2D eigenvalue weighted by Gasteiger charge is 2.32. The SMILES string of the molecule is C#CCC(Nc1cccc(C(F)(F)F)n1)C(=O)O. The zero-order valence-electron chi connectivity index (χ0n) is 9.03. The minimum atomic E-state index is -4.58. The molecule has 18 heavy (non-hydrogen) atoms. The topological polar surface area (TPSA) is 62.2 Å². The van der Waals surface area contributed by atoms with Gasteiger partial charge in [0.1, 0.15) is 17.6 Å². The first-order valence-electron chi connectivity index (χ1n) is 4.81. The molecule has 96 valence electrons.